The highest BCUT2D eigenvalue weighted by Gasteiger charge is 2.15. The van der Waals surface area contributed by atoms with E-state index in [1.807, 2.05) is 0 Å². The molecule has 0 heterocycles. The van der Waals surface area contributed by atoms with Crippen LogP contribution in [0.4, 0.5) is 17.6 Å². The van der Waals surface area contributed by atoms with Gasteiger partial charge in [0.1, 0.15) is 0 Å². The Kier molecular flexibility index (Phi) is 6.83. The lowest BCUT2D eigenvalue weighted by molar-refractivity contribution is -0.110. The van der Waals surface area contributed by atoms with Gasteiger partial charge in [-0.3, -0.25) is 0 Å². The molecule has 0 aliphatic heterocycles. The molecule has 0 N–H and O–H groups in total. The van der Waals surface area contributed by atoms with Crippen LogP contribution in [0.25, 0.3) is 0 Å². The molecule has 0 rings (SSSR count). The highest BCUT2D eigenvalue weighted by atomic mass is 35.5. The smallest absolute Gasteiger partial charge is 0.212 e. The van der Waals surface area contributed by atoms with Gasteiger partial charge in [-0.15, -0.1) is 0 Å². The van der Waals surface area contributed by atoms with E-state index in [4.69, 9.17) is 0 Å². The van der Waals surface area contributed by atoms with Gasteiger partial charge in [0.15, 0.2) is 0 Å². The Morgan fingerprint density at radius 2 is 1.22 bits per heavy atom. The average molecular weight is 187 g/mol. The predicted octanol–water partition coefficient (Wildman–Crippen LogP) is 3.29. The number of hydrogen-bond acceptors (Lipinski definition) is 0. The van der Waals surface area contributed by atoms with Crippen LogP contribution in [0, 0.1) is 0 Å². The molecule has 0 nitrogen and oxygen atoms in total. The van der Waals surface area contributed by atoms with Gasteiger partial charge in [0.25, 0.3) is 0 Å². The van der Waals surface area contributed by atoms with E-state index in [9.17, 15) is 17.6 Å². The maximum absolute atomic E-state index is 10.5. The zero-order chi connectivity index (χ0) is 8.08. The molecule has 6 heteroatoms. The van der Waals surface area contributed by atoms with Crippen molar-refractivity contribution in [2.75, 3.05) is 0 Å². The first-order valence-electron chi connectivity index (χ1n) is 1.72. The van der Waals surface area contributed by atoms with Crippen molar-refractivity contribution in [2.24, 2.45) is 0 Å². The summed E-state index contributed by atoms with van der Waals surface area (Å²) < 4.78 is 41.6. The molecule has 0 aliphatic carbocycles. The summed E-state index contributed by atoms with van der Waals surface area (Å²) >= 11 is 8.75. The SMILES string of the molecule is CC(F)(F)F.FC(Cl)Cl. The van der Waals surface area contributed by atoms with Crippen molar-refractivity contribution in [1.29, 1.82) is 0 Å². The number of hydrogen-bond donors (Lipinski definition) is 0. The zero-order valence-electron chi connectivity index (χ0n) is 4.35. The molecule has 0 radical (unpaired) electrons. The molecule has 0 fully saturated rings. The Bertz CT molecular complexity index is 50.6. The quantitative estimate of drug-likeness (QED) is 0.403. The van der Waals surface area contributed by atoms with Crippen LogP contribution >= 0.6 is 23.2 Å². The zero-order valence-corrected chi connectivity index (χ0v) is 5.86. The lowest BCUT2D eigenvalue weighted by atomic mass is 10.8. The van der Waals surface area contributed by atoms with Crippen LogP contribution < -0.4 is 0 Å². The van der Waals surface area contributed by atoms with E-state index in [1.165, 1.54) is 0 Å². The lowest BCUT2D eigenvalue weighted by Gasteiger charge is -1.88. The molecule has 0 aromatic heterocycles. The predicted molar refractivity (Wildman–Crippen MR) is 28.3 cm³/mol. The van der Waals surface area contributed by atoms with E-state index >= 15 is 0 Å². The van der Waals surface area contributed by atoms with Gasteiger partial charge in [-0.1, -0.05) is 23.2 Å². The second-order valence-corrected chi connectivity index (χ2v) is 2.02. The largest absolute Gasteiger partial charge is 0.386 e. The molecular weight excluding hydrogens is 183 g/mol. The van der Waals surface area contributed by atoms with Gasteiger partial charge in [-0.05, 0) is 0 Å². The van der Waals surface area contributed by atoms with Gasteiger partial charge in [0, 0.05) is 6.92 Å². The Labute approximate surface area is 59.7 Å². The van der Waals surface area contributed by atoms with Crippen LogP contribution in [-0.2, 0) is 0 Å². The van der Waals surface area contributed by atoms with Gasteiger partial charge in [-0.25, -0.2) is 4.39 Å². The Balaban J connectivity index is 0. The fraction of sp³-hybridized carbons (Fsp3) is 1.00. The summed E-state index contributed by atoms with van der Waals surface area (Å²) in [5, 5.41) is -1.72. The highest BCUT2D eigenvalue weighted by molar-refractivity contribution is 6.42. The molecule has 0 aromatic rings. The van der Waals surface area contributed by atoms with Crippen LogP contribution in [0.15, 0.2) is 0 Å². The molecule has 9 heavy (non-hydrogen) atoms. The number of alkyl halides is 6. The third-order valence-electron chi connectivity index (χ3n) is 0. The van der Waals surface area contributed by atoms with E-state index in [0.717, 1.165) is 0 Å². The van der Waals surface area contributed by atoms with Crippen molar-refractivity contribution in [3.8, 4) is 0 Å². The second-order valence-electron chi connectivity index (χ2n) is 1.03. The van der Waals surface area contributed by atoms with Crippen molar-refractivity contribution in [1.82, 2.24) is 0 Å². The van der Waals surface area contributed by atoms with Gasteiger partial charge < -0.3 is 0 Å². The monoisotopic (exact) mass is 186 g/mol. The summed E-state index contributed by atoms with van der Waals surface area (Å²) in [5.74, 6) is 0. The van der Waals surface area contributed by atoms with Crippen LogP contribution in [-0.4, -0.2) is 11.3 Å². The van der Waals surface area contributed by atoms with Crippen LogP contribution in [0.5, 0.6) is 0 Å². The van der Waals surface area contributed by atoms with E-state index in [-0.39, 0.29) is 6.92 Å². The van der Waals surface area contributed by atoms with Crippen molar-refractivity contribution in [3.63, 3.8) is 0 Å². The maximum atomic E-state index is 10.5. The molecule has 0 aromatic carbocycles. The van der Waals surface area contributed by atoms with Crippen LogP contribution in [0.3, 0.4) is 0 Å². The summed E-state index contributed by atoms with van der Waals surface area (Å²) in [6.45, 7) is 0.188. The van der Waals surface area contributed by atoms with Gasteiger partial charge in [-0.2, -0.15) is 13.2 Å². The third-order valence-corrected chi connectivity index (χ3v) is 0. The van der Waals surface area contributed by atoms with Crippen molar-refractivity contribution < 1.29 is 17.6 Å². The summed E-state index contributed by atoms with van der Waals surface area (Å²) in [6.07, 6.45) is -4.00. The molecule has 58 valence electrons. The average Bonchev–Trinajstić information content (AvgIpc) is 1.19. The molecule has 0 unspecified atom stereocenters. The molecule has 0 amide bonds. The normalized spacial score (nSPS) is 10.7. The van der Waals surface area contributed by atoms with E-state index in [1.54, 1.807) is 0 Å². The van der Waals surface area contributed by atoms with Crippen molar-refractivity contribution in [2.45, 2.75) is 18.2 Å². The van der Waals surface area contributed by atoms with E-state index < -0.39 is 11.3 Å². The highest BCUT2D eigenvalue weighted by Crippen LogP contribution is 2.10. The number of halogens is 6. The van der Waals surface area contributed by atoms with Crippen LogP contribution in [0.2, 0.25) is 0 Å². The molecule has 0 saturated carbocycles. The summed E-state index contributed by atoms with van der Waals surface area (Å²) in [4.78, 5) is 0. The molecule has 0 spiro atoms. The van der Waals surface area contributed by atoms with Crippen molar-refractivity contribution >= 4 is 23.2 Å². The second kappa shape index (κ2) is 5.11. The Morgan fingerprint density at radius 1 is 1.22 bits per heavy atom. The van der Waals surface area contributed by atoms with Gasteiger partial charge in [0.05, 0.1) is 0 Å². The van der Waals surface area contributed by atoms with E-state index in [0.29, 0.717) is 0 Å². The Hall–Kier alpha value is 0.300. The third kappa shape index (κ3) is 3660. The fourth-order valence-corrected chi connectivity index (χ4v) is 0. The standard InChI is InChI=1S/C2H3F3.CHCl2F/c1-2(3,4)5;2-1(3)4/h1H3;1H. The lowest BCUT2D eigenvalue weighted by Crippen LogP contribution is -1.95. The topological polar surface area (TPSA) is 0 Å². The minimum Gasteiger partial charge on any atom is -0.212 e. The number of rotatable bonds is 0. The fourth-order valence-electron chi connectivity index (χ4n) is 0. The summed E-state index contributed by atoms with van der Waals surface area (Å²) in [5.41, 5.74) is 0. The van der Waals surface area contributed by atoms with Crippen LogP contribution in [0.1, 0.15) is 6.92 Å². The van der Waals surface area contributed by atoms with Crippen molar-refractivity contribution in [3.05, 3.63) is 0 Å². The summed E-state index contributed by atoms with van der Waals surface area (Å²) in [7, 11) is 0. The maximum Gasteiger partial charge on any atom is 0.386 e. The Morgan fingerprint density at radius 3 is 1.22 bits per heavy atom. The van der Waals surface area contributed by atoms with Gasteiger partial charge in [0.2, 0.25) is 5.09 Å². The molecule has 0 saturated heterocycles. The minimum atomic E-state index is -4.00. The molecular formula is C3H4Cl2F4. The first kappa shape index (κ1) is 12.0. The first-order chi connectivity index (χ1) is 3.73. The minimum absolute atomic E-state index is 0.188. The first-order valence-corrected chi connectivity index (χ1v) is 2.59. The molecule has 0 bridgehead atoms. The molecule has 0 atom stereocenters. The van der Waals surface area contributed by atoms with E-state index in [2.05, 4.69) is 23.2 Å². The summed E-state index contributed by atoms with van der Waals surface area (Å²) in [6, 6.07) is 0. The molecule has 0 aliphatic rings. The van der Waals surface area contributed by atoms with Gasteiger partial charge >= 0.3 is 6.18 Å².